The molecule has 6 heteroatoms. The molecule has 0 bridgehead atoms. The number of esters is 1. The minimum Gasteiger partial charge on any atom is -0.466 e. The number of unbranched alkanes of at least 4 members (excludes halogenated alkanes) is 51. The van der Waals surface area contributed by atoms with Crippen LogP contribution in [0.5, 0.6) is 0 Å². The molecule has 0 spiro atoms. The van der Waals surface area contributed by atoms with E-state index in [1.54, 1.807) is 6.08 Å². The number of allylic oxidation sites excluding steroid dienone is 7. The van der Waals surface area contributed by atoms with Gasteiger partial charge < -0.3 is 20.3 Å². The predicted octanol–water partition coefficient (Wildman–Crippen LogP) is 23.6. The van der Waals surface area contributed by atoms with Gasteiger partial charge in [-0.15, -0.1) is 0 Å². The molecule has 0 rings (SSSR count). The van der Waals surface area contributed by atoms with Crippen molar-refractivity contribution in [2.24, 2.45) is 0 Å². The van der Waals surface area contributed by atoms with Crippen LogP contribution in [0.25, 0.3) is 0 Å². The second-order valence-electron chi connectivity index (χ2n) is 24.9. The van der Waals surface area contributed by atoms with E-state index in [0.717, 1.165) is 51.4 Å². The van der Waals surface area contributed by atoms with E-state index in [2.05, 4.69) is 55.6 Å². The molecule has 0 aromatic heterocycles. The first-order valence-corrected chi connectivity index (χ1v) is 36.4. The third-order valence-electron chi connectivity index (χ3n) is 16.8. The van der Waals surface area contributed by atoms with Gasteiger partial charge in [-0.2, -0.15) is 0 Å². The van der Waals surface area contributed by atoms with E-state index >= 15 is 0 Å². The van der Waals surface area contributed by atoms with E-state index < -0.39 is 12.1 Å². The summed E-state index contributed by atoms with van der Waals surface area (Å²) in [5, 5.41) is 23.1. The lowest BCUT2D eigenvalue weighted by Crippen LogP contribution is -2.45. The Morgan fingerprint density at radius 1 is 0.346 bits per heavy atom. The van der Waals surface area contributed by atoms with Crippen LogP contribution in [0.4, 0.5) is 0 Å². The van der Waals surface area contributed by atoms with Crippen LogP contribution in [-0.2, 0) is 14.3 Å². The lowest BCUT2D eigenvalue weighted by Gasteiger charge is -2.20. The molecule has 0 aliphatic rings. The summed E-state index contributed by atoms with van der Waals surface area (Å²) in [6.45, 7) is 4.91. The van der Waals surface area contributed by atoms with Gasteiger partial charge in [0.2, 0.25) is 5.91 Å². The highest BCUT2D eigenvalue weighted by molar-refractivity contribution is 5.76. The van der Waals surface area contributed by atoms with Gasteiger partial charge >= 0.3 is 5.97 Å². The van der Waals surface area contributed by atoms with Gasteiger partial charge in [-0.25, -0.2) is 0 Å². The fourth-order valence-electron chi connectivity index (χ4n) is 11.3. The van der Waals surface area contributed by atoms with Crippen molar-refractivity contribution >= 4 is 11.9 Å². The predicted molar refractivity (Wildman–Crippen MR) is 356 cm³/mol. The van der Waals surface area contributed by atoms with E-state index in [4.69, 9.17) is 4.74 Å². The zero-order chi connectivity index (χ0) is 58.5. The molecule has 1 amide bonds. The van der Waals surface area contributed by atoms with Crippen LogP contribution in [0.1, 0.15) is 393 Å². The molecule has 0 saturated heterocycles. The summed E-state index contributed by atoms with van der Waals surface area (Å²) in [6.07, 6.45) is 92.2. The Kier molecular flexibility index (Phi) is 68.4. The van der Waals surface area contributed by atoms with Crippen LogP contribution in [0.3, 0.4) is 0 Å². The van der Waals surface area contributed by atoms with E-state index in [1.165, 1.54) is 315 Å². The molecule has 2 unspecified atom stereocenters. The van der Waals surface area contributed by atoms with Crippen LogP contribution in [0, 0.1) is 0 Å². The fourth-order valence-corrected chi connectivity index (χ4v) is 11.3. The Morgan fingerprint density at radius 3 is 0.951 bits per heavy atom. The quantitative estimate of drug-likeness (QED) is 0.0320. The number of aliphatic hydroxyl groups is 2. The molecule has 0 aromatic carbocycles. The molecule has 0 aromatic rings. The summed E-state index contributed by atoms with van der Waals surface area (Å²) < 4.78 is 5.50. The normalized spacial score (nSPS) is 12.8. The van der Waals surface area contributed by atoms with Crippen molar-refractivity contribution in [3.05, 3.63) is 48.6 Å². The van der Waals surface area contributed by atoms with Gasteiger partial charge in [0.1, 0.15) is 0 Å². The molecule has 476 valence electrons. The van der Waals surface area contributed by atoms with Gasteiger partial charge in [0.15, 0.2) is 0 Å². The minimum absolute atomic E-state index is 0.0138. The number of aliphatic hydroxyl groups excluding tert-OH is 2. The monoisotopic (exact) mass is 1140 g/mol. The Morgan fingerprint density at radius 2 is 0.617 bits per heavy atom. The number of rotatable bonds is 68. The number of hydrogen-bond acceptors (Lipinski definition) is 5. The van der Waals surface area contributed by atoms with Crippen molar-refractivity contribution in [2.45, 2.75) is 405 Å². The van der Waals surface area contributed by atoms with Gasteiger partial charge in [0, 0.05) is 12.8 Å². The number of carbonyl (C=O) groups is 2. The maximum atomic E-state index is 12.4. The largest absolute Gasteiger partial charge is 0.466 e. The van der Waals surface area contributed by atoms with Gasteiger partial charge in [0.05, 0.1) is 25.4 Å². The molecular formula is C75H141NO5. The maximum absolute atomic E-state index is 12.4. The molecule has 81 heavy (non-hydrogen) atoms. The second kappa shape index (κ2) is 70.3. The molecule has 0 fully saturated rings. The fraction of sp³-hybridized carbons (Fsp3) is 0.867. The highest BCUT2D eigenvalue weighted by Crippen LogP contribution is 2.18. The van der Waals surface area contributed by atoms with Gasteiger partial charge in [-0.3, -0.25) is 9.59 Å². The lowest BCUT2D eigenvalue weighted by molar-refractivity contribution is -0.143. The first-order chi connectivity index (χ1) is 40.0. The van der Waals surface area contributed by atoms with Crippen LogP contribution in [-0.4, -0.2) is 47.4 Å². The van der Waals surface area contributed by atoms with Crippen molar-refractivity contribution in [1.29, 1.82) is 0 Å². The lowest BCUT2D eigenvalue weighted by atomic mass is 10.0. The standard InChI is InChI=1S/C75H141NO5/c1-3-5-7-9-11-13-15-16-17-18-39-42-45-49-53-57-61-65-69-75(80)81-70-66-62-58-54-50-46-43-40-37-35-33-31-29-27-25-23-21-19-20-22-24-26-28-30-32-34-36-38-41-44-48-52-56-60-64-68-74(79)76-72(71-77)73(78)67-63-59-55-51-47-14-12-10-8-6-4-2/h17-18,21,23,27,29,63,67,72-73,77-78H,3-16,19-20,22,24-26,28,30-62,64-66,68-71H2,1-2H3,(H,76,79)/b18-17-,23-21-,29-27-,67-63+. The summed E-state index contributed by atoms with van der Waals surface area (Å²) in [5.41, 5.74) is 0. The van der Waals surface area contributed by atoms with Crippen LogP contribution in [0.2, 0.25) is 0 Å². The number of ether oxygens (including phenoxy) is 1. The maximum Gasteiger partial charge on any atom is 0.305 e. The van der Waals surface area contributed by atoms with E-state index in [0.29, 0.717) is 19.4 Å². The first kappa shape index (κ1) is 78.8. The number of hydrogen-bond donors (Lipinski definition) is 3. The average molecular weight is 1140 g/mol. The highest BCUT2D eigenvalue weighted by Gasteiger charge is 2.18. The Bertz CT molecular complexity index is 1360. The van der Waals surface area contributed by atoms with Crippen LogP contribution in [0.15, 0.2) is 48.6 Å². The summed E-state index contributed by atoms with van der Waals surface area (Å²) >= 11 is 0. The van der Waals surface area contributed by atoms with E-state index in [9.17, 15) is 19.8 Å². The van der Waals surface area contributed by atoms with Crippen molar-refractivity contribution in [3.63, 3.8) is 0 Å². The highest BCUT2D eigenvalue weighted by atomic mass is 16.5. The zero-order valence-electron chi connectivity index (χ0n) is 54.5. The third kappa shape index (κ3) is 66.8. The first-order valence-electron chi connectivity index (χ1n) is 36.4. The molecule has 0 saturated carbocycles. The van der Waals surface area contributed by atoms with E-state index in [1.807, 2.05) is 6.08 Å². The summed E-state index contributed by atoms with van der Waals surface area (Å²) in [7, 11) is 0. The number of nitrogens with one attached hydrogen (secondary N) is 1. The van der Waals surface area contributed by atoms with E-state index in [-0.39, 0.29) is 18.5 Å². The van der Waals surface area contributed by atoms with Gasteiger partial charge in [0.25, 0.3) is 0 Å². The molecule has 6 nitrogen and oxygen atoms in total. The Balaban J connectivity index is 3.36. The van der Waals surface area contributed by atoms with Crippen molar-refractivity contribution in [2.75, 3.05) is 13.2 Å². The minimum atomic E-state index is -0.842. The topological polar surface area (TPSA) is 95.9 Å². The third-order valence-corrected chi connectivity index (χ3v) is 16.8. The summed E-state index contributed by atoms with van der Waals surface area (Å²) in [5.74, 6) is -0.0520. The van der Waals surface area contributed by atoms with Crippen molar-refractivity contribution < 1.29 is 24.5 Å². The van der Waals surface area contributed by atoms with Gasteiger partial charge in [-0.05, 0) is 89.9 Å². The number of amides is 1. The summed E-state index contributed by atoms with van der Waals surface area (Å²) in [6, 6.07) is -0.625. The second-order valence-corrected chi connectivity index (χ2v) is 24.9. The molecular weight excluding hydrogens is 995 g/mol. The van der Waals surface area contributed by atoms with Crippen LogP contribution < -0.4 is 5.32 Å². The average Bonchev–Trinajstić information content (AvgIpc) is 3.47. The molecule has 0 aliphatic carbocycles. The van der Waals surface area contributed by atoms with Crippen LogP contribution >= 0.6 is 0 Å². The van der Waals surface area contributed by atoms with Crippen molar-refractivity contribution in [1.82, 2.24) is 5.32 Å². The molecule has 0 aliphatic heterocycles. The molecule has 3 N–H and O–H groups in total. The SMILES string of the molecule is CCCCCCCCC/C=C\CCCCCCCCCC(=O)OCCCCCCCCCCCCC/C=C\C/C=C\CCCCCCCCCCCCCCCCCCCC(=O)NC(CO)C(O)/C=C/CCCCCCCCCCC. The molecule has 2 atom stereocenters. The zero-order valence-corrected chi connectivity index (χ0v) is 54.5. The number of carbonyl (C=O) groups excluding carboxylic acids is 2. The molecule has 0 heterocycles. The molecule has 0 radical (unpaired) electrons. The van der Waals surface area contributed by atoms with Gasteiger partial charge in [-0.1, -0.05) is 339 Å². The smallest absolute Gasteiger partial charge is 0.305 e. The Labute approximate surface area is 506 Å². The Hall–Kier alpha value is -2.18. The summed E-state index contributed by atoms with van der Waals surface area (Å²) in [4.78, 5) is 24.5. The van der Waals surface area contributed by atoms with Crippen molar-refractivity contribution in [3.8, 4) is 0 Å².